The zero-order chi connectivity index (χ0) is 19.8. The van der Waals surface area contributed by atoms with Gasteiger partial charge in [0.15, 0.2) is 0 Å². The number of benzene rings is 2. The highest BCUT2D eigenvalue weighted by atomic mass is 16.2. The average molecular weight is 376 g/mol. The fourth-order valence-electron chi connectivity index (χ4n) is 4.25. The molecule has 0 N–H and O–H groups in total. The smallest absolute Gasteiger partial charge is 0.227 e. The predicted octanol–water partition coefficient (Wildman–Crippen LogP) is 5.22. The van der Waals surface area contributed by atoms with Crippen LogP contribution >= 0.6 is 0 Å². The van der Waals surface area contributed by atoms with Crippen LogP contribution in [0.1, 0.15) is 49.6 Å². The number of carbonyl (C=O) groups excluding carboxylic acids is 1. The topological polar surface area (TPSA) is 38.1 Å². The Balaban J connectivity index is 1.68. The fourth-order valence-corrected chi connectivity index (χ4v) is 4.25. The van der Waals surface area contributed by atoms with Crippen molar-refractivity contribution in [2.45, 2.75) is 53.0 Å². The molecule has 1 saturated heterocycles. The molecule has 0 bridgehead atoms. The van der Waals surface area contributed by atoms with Crippen molar-refractivity contribution in [2.24, 2.45) is 5.92 Å². The maximum Gasteiger partial charge on any atom is 0.227 e. The number of hydrogen-bond acceptors (Lipinski definition) is 2. The van der Waals surface area contributed by atoms with Gasteiger partial charge in [0, 0.05) is 31.1 Å². The van der Waals surface area contributed by atoms with Crippen molar-refractivity contribution in [2.75, 3.05) is 11.4 Å². The number of imidazole rings is 1. The third-order valence-corrected chi connectivity index (χ3v) is 5.75. The number of para-hydroxylation sites is 2. The van der Waals surface area contributed by atoms with Crippen LogP contribution < -0.4 is 4.90 Å². The van der Waals surface area contributed by atoms with Gasteiger partial charge in [0.2, 0.25) is 5.91 Å². The standard InChI is InChI=1S/C24H29N3O/c1-16(2)11-12-26-22-8-6-5-7-20(22)25-24(26)19-14-23(28)27(15-19)21-10-9-17(3)13-18(21)4/h5-10,13,16,19H,11-12,14-15H2,1-4H3/t19-/m0/s1. The molecule has 0 spiro atoms. The highest BCUT2D eigenvalue weighted by Gasteiger charge is 2.35. The van der Waals surface area contributed by atoms with Gasteiger partial charge in [-0.05, 0) is 49.9 Å². The first-order valence-electron chi connectivity index (χ1n) is 10.3. The summed E-state index contributed by atoms with van der Waals surface area (Å²) in [5, 5.41) is 0. The lowest BCUT2D eigenvalue weighted by molar-refractivity contribution is -0.117. The van der Waals surface area contributed by atoms with Crippen LogP contribution in [0.2, 0.25) is 0 Å². The Kier molecular flexibility index (Phi) is 4.96. The molecule has 2 aromatic carbocycles. The zero-order valence-electron chi connectivity index (χ0n) is 17.3. The number of nitrogens with zero attached hydrogens (tertiary/aromatic N) is 3. The number of carbonyl (C=O) groups is 1. The first kappa shape index (κ1) is 18.7. The molecule has 4 heteroatoms. The number of aryl methyl sites for hydroxylation is 3. The molecular weight excluding hydrogens is 346 g/mol. The molecule has 0 unspecified atom stereocenters. The van der Waals surface area contributed by atoms with Crippen molar-refractivity contribution in [3.8, 4) is 0 Å². The predicted molar refractivity (Wildman–Crippen MR) is 115 cm³/mol. The third kappa shape index (κ3) is 3.44. The van der Waals surface area contributed by atoms with E-state index >= 15 is 0 Å². The second-order valence-corrected chi connectivity index (χ2v) is 8.49. The van der Waals surface area contributed by atoms with Crippen LogP contribution in [0, 0.1) is 19.8 Å². The van der Waals surface area contributed by atoms with Crippen LogP contribution in [0.3, 0.4) is 0 Å². The minimum atomic E-state index is 0.132. The van der Waals surface area contributed by atoms with E-state index in [9.17, 15) is 4.79 Å². The van der Waals surface area contributed by atoms with Gasteiger partial charge in [-0.1, -0.05) is 43.7 Å². The molecule has 1 amide bonds. The Morgan fingerprint density at radius 1 is 1.14 bits per heavy atom. The highest BCUT2D eigenvalue weighted by molar-refractivity contribution is 5.97. The van der Waals surface area contributed by atoms with Crippen molar-refractivity contribution >= 4 is 22.6 Å². The van der Waals surface area contributed by atoms with Gasteiger partial charge >= 0.3 is 0 Å². The molecule has 4 nitrogen and oxygen atoms in total. The Labute approximate surface area is 167 Å². The molecule has 0 radical (unpaired) electrons. The van der Waals surface area contributed by atoms with Crippen LogP contribution in [0.4, 0.5) is 5.69 Å². The van der Waals surface area contributed by atoms with E-state index in [4.69, 9.17) is 4.98 Å². The SMILES string of the molecule is Cc1ccc(N2C[C@@H](c3nc4ccccc4n3CCC(C)C)CC2=O)c(C)c1. The minimum absolute atomic E-state index is 0.132. The summed E-state index contributed by atoms with van der Waals surface area (Å²) >= 11 is 0. The van der Waals surface area contributed by atoms with E-state index in [2.05, 4.69) is 68.7 Å². The van der Waals surface area contributed by atoms with Crippen LogP contribution in [-0.4, -0.2) is 22.0 Å². The van der Waals surface area contributed by atoms with E-state index in [1.807, 2.05) is 11.0 Å². The number of hydrogen-bond donors (Lipinski definition) is 0. The van der Waals surface area contributed by atoms with Gasteiger partial charge in [-0.2, -0.15) is 0 Å². The quantitative estimate of drug-likeness (QED) is 0.613. The second-order valence-electron chi connectivity index (χ2n) is 8.49. The maximum absolute atomic E-state index is 12.9. The first-order valence-corrected chi connectivity index (χ1v) is 10.3. The Morgan fingerprint density at radius 2 is 1.93 bits per heavy atom. The Bertz CT molecular complexity index is 1020. The van der Waals surface area contributed by atoms with Crippen molar-refractivity contribution in [3.63, 3.8) is 0 Å². The molecule has 4 rings (SSSR count). The van der Waals surface area contributed by atoms with Gasteiger partial charge in [-0.3, -0.25) is 4.79 Å². The number of rotatable bonds is 5. The van der Waals surface area contributed by atoms with Gasteiger partial charge in [0.1, 0.15) is 5.82 Å². The van der Waals surface area contributed by atoms with E-state index < -0.39 is 0 Å². The summed E-state index contributed by atoms with van der Waals surface area (Å²) < 4.78 is 2.35. The molecule has 3 aromatic rings. The number of anilines is 1. The van der Waals surface area contributed by atoms with Crippen molar-refractivity contribution in [1.82, 2.24) is 9.55 Å². The normalized spacial score (nSPS) is 17.2. The van der Waals surface area contributed by atoms with E-state index in [1.165, 1.54) is 11.1 Å². The van der Waals surface area contributed by atoms with Gasteiger partial charge in [-0.25, -0.2) is 4.98 Å². The van der Waals surface area contributed by atoms with E-state index in [-0.39, 0.29) is 11.8 Å². The Hall–Kier alpha value is -2.62. The molecule has 2 heterocycles. The second kappa shape index (κ2) is 7.42. The van der Waals surface area contributed by atoms with Gasteiger partial charge in [-0.15, -0.1) is 0 Å². The van der Waals surface area contributed by atoms with Gasteiger partial charge < -0.3 is 9.47 Å². The van der Waals surface area contributed by atoms with Crippen LogP contribution in [0.5, 0.6) is 0 Å². The summed E-state index contributed by atoms with van der Waals surface area (Å²) in [5.74, 6) is 2.01. The lowest BCUT2D eigenvalue weighted by Gasteiger charge is -2.20. The van der Waals surface area contributed by atoms with Crippen molar-refractivity contribution < 1.29 is 4.79 Å². The fraction of sp³-hybridized carbons (Fsp3) is 0.417. The molecule has 1 aliphatic heterocycles. The first-order chi connectivity index (χ1) is 13.4. The van der Waals surface area contributed by atoms with Gasteiger partial charge in [0.05, 0.1) is 11.0 Å². The number of amides is 1. The molecule has 146 valence electrons. The summed E-state index contributed by atoms with van der Waals surface area (Å²) in [6, 6.07) is 14.6. The molecule has 1 aliphatic rings. The molecule has 0 aliphatic carbocycles. The summed E-state index contributed by atoms with van der Waals surface area (Å²) in [6.45, 7) is 10.3. The maximum atomic E-state index is 12.9. The van der Waals surface area contributed by atoms with E-state index in [0.717, 1.165) is 35.6 Å². The monoisotopic (exact) mass is 375 g/mol. The number of aromatic nitrogens is 2. The summed E-state index contributed by atoms with van der Waals surface area (Å²) in [7, 11) is 0. The van der Waals surface area contributed by atoms with E-state index in [1.54, 1.807) is 0 Å². The van der Waals surface area contributed by atoms with Crippen LogP contribution in [-0.2, 0) is 11.3 Å². The molecular formula is C24H29N3O. The lowest BCUT2D eigenvalue weighted by Crippen LogP contribution is -2.25. The summed E-state index contributed by atoms with van der Waals surface area (Å²) in [4.78, 5) is 19.8. The van der Waals surface area contributed by atoms with E-state index in [0.29, 0.717) is 18.9 Å². The summed E-state index contributed by atoms with van der Waals surface area (Å²) in [5.41, 5.74) is 5.61. The number of fused-ring (bicyclic) bond motifs is 1. The lowest BCUT2D eigenvalue weighted by atomic mass is 10.1. The average Bonchev–Trinajstić information content (AvgIpc) is 3.20. The van der Waals surface area contributed by atoms with Crippen LogP contribution in [0.25, 0.3) is 11.0 Å². The Morgan fingerprint density at radius 3 is 2.68 bits per heavy atom. The molecule has 0 saturated carbocycles. The third-order valence-electron chi connectivity index (χ3n) is 5.75. The zero-order valence-corrected chi connectivity index (χ0v) is 17.3. The van der Waals surface area contributed by atoms with Gasteiger partial charge in [0.25, 0.3) is 0 Å². The molecule has 1 fully saturated rings. The van der Waals surface area contributed by atoms with Crippen LogP contribution in [0.15, 0.2) is 42.5 Å². The molecule has 1 aromatic heterocycles. The largest absolute Gasteiger partial charge is 0.328 e. The highest BCUT2D eigenvalue weighted by Crippen LogP contribution is 2.35. The molecule has 1 atom stereocenters. The minimum Gasteiger partial charge on any atom is -0.328 e. The van der Waals surface area contributed by atoms with Crippen molar-refractivity contribution in [3.05, 3.63) is 59.4 Å². The van der Waals surface area contributed by atoms with Crippen molar-refractivity contribution in [1.29, 1.82) is 0 Å². The summed E-state index contributed by atoms with van der Waals surface area (Å²) in [6.07, 6.45) is 1.63. The molecule has 28 heavy (non-hydrogen) atoms.